The molecular weight excluding hydrogens is 955 g/mol. The summed E-state index contributed by atoms with van der Waals surface area (Å²) in [6.07, 6.45) is 1.39. The van der Waals surface area contributed by atoms with Crippen molar-refractivity contribution in [3.05, 3.63) is 99.7 Å². The van der Waals surface area contributed by atoms with Gasteiger partial charge in [-0.1, -0.05) is 23.4 Å². The predicted octanol–water partition coefficient (Wildman–Crippen LogP) is 1.58. The topological polar surface area (TPSA) is 293 Å². The quantitative estimate of drug-likeness (QED) is 0.0419. The second kappa shape index (κ2) is 25.7. The maximum atomic E-state index is 13.2. The first kappa shape index (κ1) is 53.2. The lowest BCUT2D eigenvalue weighted by Gasteiger charge is -2.27. The van der Waals surface area contributed by atoms with E-state index < -0.39 is 48.1 Å². The van der Waals surface area contributed by atoms with Crippen LogP contribution < -0.4 is 26.0 Å². The molecule has 2 aliphatic heterocycles. The van der Waals surface area contributed by atoms with Crippen LogP contribution in [0.5, 0.6) is 11.5 Å². The Hall–Kier alpha value is -7.57. The van der Waals surface area contributed by atoms with Crippen molar-refractivity contribution in [2.45, 2.75) is 37.8 Å². The number of aromatic hydroxyl groups is 1. The number of hydrogen-bond donors (Lipinski definition) is 5. The number of carbonyl (C=O) groups is 8. The Morgan fingerprint density at radius 1 is 0.767 bits per heavy atom. The fourth-order valence-electron chi connectivity index (χ4n) is 8.13. The Bertz CT molecular complexity index is 2690. The Morgan fingerprint density at radius 3 is 2.10 bits per heavy atom. The molecule has 4 aromatic rings. The molecule has 0 spiro atoms. The van der Waals surface area contributed by atoms with Gasteiger partial charge in [0.15, 0.2) is 18.1 Å². The summed E-state index contributed by atoms with van der Waals surface area (Å²) in [5.41, 5.74) is 2.94. The number of benzene rings is 3. The van der Waals surface area contributed by atoms with Crippen LogP contribution in [-0.2, 0) is 44.5 Å². The van der Waals surface area contributed by atoms with E-state index in [1.54, 1.807) is 32.3 Å². The lowest BCUT2D eigenvalue weighted by molar-refractivity contribution is -0.136. The molecule has 7 rings (SSSR count). The largest absolute Gasteiger partial charge is 0.507 e. The molecule has 2 atom stereocenters. The van der Waals surface area contributed by atoms with Crippen molar-refractivity contribution >= 4 is 47.3 Å². The smallest absolute Gasteiger partial charge is 0.273 e. The maximum Gasteiger partial charge on any atom is 0.273 e. The van der Waals surface area contributed by atoms with Crippen molar-refractivity contribution in [3.8, 4) is 22.8 Å². The number of rotatable bonds is 27. The van der Waals surface area contributed by atoms with Gasteiger partial charge in [0.2, 0.25) is 11.8 Å². The summed E-state index contributed by atoms with van der Waals surface area (Å²) in [6.45, 7) is 3.20. The lowest BCUT2D eigenvalue weighted by Crippen LogP contribution is -2.54. The molecule has 3 aromatic carbocycles. The summed E-state index contributed by atoms with van der Waals surface area (Å²) in [6, 6.07) is 14.3. The molecule has 1 unspecified atom stereocenters. The first-order valence-corrected chi connectivity index (χ1v) is 23.7. The molecule has 1 saturated heterocycles. The number of aryl methyl sites for hydroxylation is 1. The van der Waals surface area contributed by atoms with Crippen LogP contribution in [0.25, 0.3) is 11.3 Å². The van der Waals surface area contributed by atoms with Crippen molar-refractivity contribution in [1.82, 2.24) is 36.2 Å². The van der Waals surface area contributed by atoms with E-state index in [0.29, 0.717) is 63.8 Å². The summed E-state index contributed by atoms with van der Waals surface area (Å²) in [5, 5.41) is 24.9. The number of ether oxygens (including phenoxy) is 6. The van der Waals surface area contributed by atoms with E-state index in [0.717, 1.165) is 22.4 Å². The molecule has 0 saturated carbocycles. The van der Waals surface area contributed by atoms with Gasteiger partial charge in [-0.05, 0) is 66.8 Å². The highest BCUT2D eigenvalue weighted by Crippen LogP contribution is 2.35. The monoisotopic (exact) mass is 1010 g/mol. The van der Waals surface area contributed by atoms with Crippen LogP contribution in [0.4, 0.5) is 0 Å². The van der Waals surface area contributed by atoms with Crippen molar-refractivity contribution < 1.29 is 76.4 Å². The van der Waals surface area contributed by atoms with Crippen LogP contribution >= 0.6 is 0 Å². The van der Waals surface area contributed by atoms with E-state index in [9.17, 15) is 43.5 Å². The number of carbonyl (C=O) groups excluding carboxylic acids is 8. The number of imide groups is 2. The summed E-state index contributed by atoms with van der Waals surface area (Å²) >= 11 is 0. The minimum atomic E-state index is -1.12. The van der Waals surface area contributed by atoms with Crippen LogP contribution in [0.3, 0.4) is 0 Å². The molecule has 1 aromatic heterocycles. The number of fused-ring (bicyclic) bond motifs is 2. The maximum absolute atomic E-state index is 13.2. The molecular formula is C50H57N7O16. The van der Waals surface area contributed by atoms with Gasteiger partial charge in [-0.2, -0.15) is 0 Å². The normalized spacial score (nSPS) is 15.9. The Kier molecular flexibility index (Phi) is 18.7. The van der Waals surface area contributed by atoms with Gasteiger partial charge in [0.1, 0.15) is 17.5 Å². The SMILES string of the molecule is CN(C)C(=O)c1ccc(-c2cc(C(=O)N[C@@H]3CCc4ccc(C(=O)NCCOCCOCCOCCOCCOCCNC(=O)COc5cccc6c5C(=O)N(C5CCC(=O)NC5=O)C6=O)cc43)no2)cc1O. The first-order valence-electron chi connectivity index (χ1n) is 23.7. The fraction of sp³-hybridized carbons (Fsp3) is 0.420. The Morgan fingerprint density at radius 2 is 1.44 bits per heavy atom. The molecule has 3 heterocycles. The van der Waals surface area contributed by atoms with Gasteiger partial charge in [0.05, 0.1) is 88.8 Å². The zero-order valence-corrected chi connectivity index (χ0v) is 40.4. The molecule has 1 fully saturated rings. The van der Waals surface area contributed by atoms with E-state index in [4.69, 9.17) is 32.9 Å². The first-order chi connectivity index (χ1) is 35.3. The molecule has 0 bridgehead atoms. The number of nitrogens with zero attached hydrogens (tertiary/aromatic N) is 3. The van der Waals surface area contributed by atoms with E-state index in [-0.39, 0.29) is 103 Å². The van der Waals surface area contributed by atoms with Crippen LogP contribution in [-0.4, -0.2) is 173 Å². The van der Waals surface area contributed by atoms with E-state index in [1.165, 1.54) is 41.3 Å². The summed E-state index contributed by atoms with van der Waals surface area (Å²) in [4.78, 5) is 103. The molecule has 5 N–H and O–H groups in total. The third kappa shape index (κ3) is 13.9. The number of piperidine rings is 1. The van der Waals surface area contributed by atoms with Gasteiger partial charge in [0.25, 0.3) is 35.4 Å². The lowest BCUT2D eigenvalue weighted by atomic mass is 10.0. The predicted molar refractivity (Wildman–Crippen MR) is 255 cm³/mol. The van der Waals surface area contributed by atoms with Gasteiger partial charge in [-0.25, -0.2) is 0 Å². The molecule has 3 aliphatic rings. The number of amides is 8. The average molecular weight is 1010 g/mol. The standard InChI is InChI=1S/C50H57N7O16/c1-56(2)48(64)33-10-8-31(27-39(33)58)41-28-37(55-73-41)46(62)53-36-11-9-30-6-7-32(26-35(30)36)45(61)52-15-17-68-19-21-70-23-25-71-24-22-69-20-18-67-16-14-51-43(60)29-72-40-5-3-4-34-44(40)50(66)57(49(34)65)38-12-13-42(59)54-47(38)63/h3-8,10,26-28,36,38,58H,9,11-25,29H2,1-2H3,(H,51,60)(H,52,61)(H,53,62)(H,54,59,63)/t36-,38?/m1/s1. The minimum Gasteiger partial charge on any atom is -0.507 e. The minimum absolute atomic E-state index is 0.00379. The molecule has 23 nitrogen and oxygen atoms in total. The van der Waals surface area contributed by atoms with Crippen molar-refractivity contribution in [1.29, 1.82) is 0 Å². The third-order valence-corrected chi connectivity index (χ3v) is 11.8. The second-order valence-electron chi connectivity index (χ2n) is 17.1. The molecule has 1 aliphatic carbocycles. The third-order valence-electron chi connectivity index (χ3n) is 11.8. The van der Waals surface area contributed by atoms with Crippen LogP contribution in [0, 0.1) is 0 Å². The van der Waals surface area contributed by atoms with Crippen molar-refractivity contribution in [2.24, 2.45) is 0 Å². The second-order valence-corrected chi connectivity index (χ2v) is 17.1. The highest BCUT2D eigenvalue weighted by Gasteiger charge is 2.46. The summed E-state index contributed by atoms with van der Waals surface area (Å²) in [5.74, 6) is -4.13. The van der Waals surface area contributed by atoms with E-state index >= 15 is 0 Å². The molecule has 0 radical (unpaired) electrons. The van der Waals surface area contributed by atoms with Gasteiger partial charge >= 0.3 is 0 Å². The van der Waals surface area contributed by atoms with Crippen molar-refractivity contribution in [3.63, 3.8) is 0 Å². The zero-order valence-electron chi connectivity index (χ0n) is 40.4. The molecule has 8 amide bonds. The van der Waals surface area contributed by atoms with Crippen LogP contribution in [0.15, 0.2) is 65.2 Å². The zero-order chi connectivity index (χ0) is 51.9. The Balaban J connectivity index is 0.666. The number of aromatic nitrogens is 1. The highest BCUT2D eigenvalue weighted by molar-refractivity contribution is 6.24. The summed E-state index contributed by atoms with van der Waals surface area (Å²) < 4.78 is 38.5. The number of nitrogens with one attached hydrogen (secondary N) is 4. The van der Waals surface area contributed by atoms with Gasteiger partial charge in [0, 0.05) is 50.8 Å². The number of phenols is 1. The average Bonchev–Trinajstić information content (AvgIpc) is 4.10. The highest BCUT2D eigenvalue weighted by atomic mass is 16.6. The molecule has 388 valence electrons. The van der Waals surface area contributed by atoms with Gasteiger partial charge in [-0.3, -0.25) is 48.6 Å². The molecule has 23 heteroatoms. The van der Waals surface area contributed by atoms with Crippen molar-refractivity contribution in [2.75, 3.05) is 99.9 Å². The molecule has 73 heavy (non-hydrogen) atoms. The number of hydrogen-bond acceptors (Lipinski definition) is 17. The summed E-state index contributed by atoms with van der Waals surface area (Å²) in [7, 11) is 3.16. The number of phenolic OH excluding ortho intramolecular Hbond substituents is 1. The Labute approximate surface area is 419 Å². The van der Waals surface area contributed by atoms with Gasteiger partial charge in [-0.15, -0.1) is 0 Å². The van der Waals surface area contributed by atoms with E-state index in [1.807, 2.05) is 6.07 Å². The van der Waals surface area contributed by atoms with Crippen LogP contribution in [0.2, 0.25) is 0 Å². The van der Waals surface area contributed by atoms with E-state index in [2.05, 4.69) is 26.4 Å². The van der Waals surface area contributed by atoms with Crippen LogP contribution in [0.1, 0.15) is 88.4 Å². The fourth-order valence-corrected chi connectivity index (χ4v) is 8.13. The van der Waals surface area contributed by atoms with Gasteiger partial charge < -0.3 is 58.9 Å².